The molecule has 2 amide bonds. The molecule has 0 saturated heterocycles. The van der Waals surface area contributed by atoms with Crippen LogP contribution < -0.4 is 10.9 Å². The van der Waals surface area contributed by atoms with Crippen molar-refractivity contribution < 1.29 is 9.59 Å². The molecule has 0 bridgehead atoms. The molecule has 0 atom stereocenters. The molecule has 0 unspecified atom stereocenters. The van der Waals surface area contributed by atoms with Crippen LogP contribution in [0.25, 0.3) is 0 Å². The van der Waals surface area contributed by atoms with Gasteiger partial charge in [-0.1, -0.05) is 73.5 Å². The van der Waals surface area contributed by atoms with Crippen molar-refractivity contribution in [1.29, 1.82) is 0 Å². The predicted octanol–water partition coefficient (Wildman–Crippen LogP) is 3.63. The number of carbonyl (C=O) groups is 2. The highest BCUT2D eigenvalue weighted by Crippen LogP contribution is 2.05. The molecule has 2 rings (SSSR count). The van der Waals surface area contributed by atoms with Gasteiger partial charge in [-0.25, -0.2) is 10.9 Å². The zero-order valence-corrected chi connectivity index (χ0v) is 15.9. The zero-order valence-electron chi connectivity index (χ0n) is 15.9. The lowest BCUT2D eigenvalue weighted by Crippen LogP contribution is -2.17. The van der Waals surface area contributed by atoms with Gasteiger partial charge in [-0.05, 0) is 24.0 Å². The Bertz CT molecular complexity index is 706. The summed E-state index contributed by atoms with van der Waals surface area (Å²) < 4.78 is 0. The Labute approximate surface area is 165 Å². The Morgan fingerprint density at radius 1 is 0.643 bits per heavy atom. The molecule has 0 aliphatic heterocycles. The largest absolute Gasteiger partial charge is 0.273 e. The van der Waals surface area contributed by atoms with Crippen molar-refractivity contribution in [2.45, 2.75) is 38.5 Å². The van der Waals surface area contributed by atoms with Gasteiger partial charge in [0.15, 0.2) is 0 Å². The van der Waals surface area contributed by atoms with Gasteiger partial charge >= 0.3 is 0 Å². The highest BCUT2D eigenvalue weighted by atomic mass is 16.2. The molecule has 2 aromatic carbocycles. The van der Waals surface area contributed by atoms with Crippen LogP contribution in [-0.2, 0) is 9.59 Å². The van der Waals surface area contributed by atoms with Gasteiger partial charge in [0.2, 0.25) is 11.8 Å². The molecule has 6 heteroatoms. The van der Waals surface area contributed by atoms with E-state index in [1.54, 1.807) is 12.4 Å². The van der Waals surface area contributed by atoms with Gasteiger partial charge in [-0.2, -0.15) is 10.2 Å². The molecule has 6 nitrogen and oxygen atoms in total. The normalized spacial score (nSPS) is 11.0. The van der Waals surface area contributed by atoms with E-state index in [1.807, 2.05) is 60.7 Å². The van der Waals surface area contributed by atoms with E-state index in [9.17, 15) is 9.59 Å². The quantitative estimate of drug-likeness (QED) is 0.356. The number of carbonyl (C=O) groups excluding carboxylic acids is 2. The van der Waals surface area contributed by atoms with Crippen LogP contribution in [0.5, 0.6) is 0 Å². The summed E-state index contributed by atoms with van der Waals surface area (Å²) in [6.45, 7) is 0. The monoisotopic (exact) mass is 378 g/mol. The molecule has 0 aromatic heterocycles. The lowest BCUT2D eigenvalue weighted by molar-refractivity contribution is -0.122. The fourth-order valence-corrected chi connectivity index (χ4v) is 2.47. The SMILES string of the molecule is O=C(CCCCCCC(=O)N/N=C\c1ccccc1)N/N=C\c1ccccc1. The fraction of sp³-hybridized carbons (Fsp3) is 0.273. The number of hydrogen-bond acceptors (Lipinski definition) is 4. The molecular formula is C22H26N4O2. The maximum atomic E-state index is 11.7. The maximum absolute atomic E-state index is 11.7. The molecule has 146 valence electrons. The summed E-state index contributed by atoms with van der Waals surface area (Å²) >= 11 is 0. The molecular weight excluding hydrogens is 352 g/mol. The maximum Gasteiger partial charge on any atom is 0.240 e. The van der Waals surface area contributed by atoms with Crippen LogP contribution in [0.4, 0.5) is 0 Å². The lowest BCUT2D eigenvalue weighted by Gasteiger charge is -2.02. The average molecular weight is 378 g/mol. The summed E-state index contributed by atoms with van der Waals surface area (Å²) in [7, 11) is 0. The number of unbranched alkanes of at least 4 members (excludes halogenated alkanes) is 3. The van der Waals surface area contributed by atoms with Crippen molar-refractivity contribution in [3.63, 3.8) is 0 Å². The Balaban J connectivity index is 1.47. The van der Waals surface area contributed by atoms with Gasteiger partial charge in [0.05, 0.1) is 12.4 Å². The van der Waals surface area contributed by atoms with Crippen LogP contribution in [0.3, 0.4) is 0 Å². The number of nitrogens with one attached hydrogen (secondary N) is 2. The minimum Gasteiger partial charge on any atom is -0.273 e. The van der Waals surface area contributed by atoms with Crippen molar-refractivity contribution in [3.05, 3.63) is 71.8 Å². The van der Waals surface area contributed by atoms with Crippen molar-refractivity contribution >= 4 is 24.2 Å². The molecule has 0 spiro atoms. The Hall–Kier alpha value is -3.28. The minimum atomic E-state index is -0.0971. The van der Waals surface area contributed by atoms with E-state index in [-0.39, 0.29) is 11.8 Å². The second-order valence-electron chi connectivity index (χ2n) is 6.32. The Morgan fingerprint density at radius 3 is 1.43 bits per heavy atom. The van der Waals surface area contributed by atoms with Gasteiger partial charge < -0.3 is 0 Å². The molecule has 2 N–H and O–H groups in total. The van der Waals surface area contributed by atoms with Gasteiger partial charge in [-0.3, -0.25) is 9.59 Å². The van der Waals surface area contributed by atoms with Crippen LogP contribution in [0, 0.1) is 0 Å². The number of amides is 2. The highest BCUT2D eigenvalue weighted by molar-refractivity contribution is 5.82. The average Bonchev–Trinajstić information content (AvgIpc) is 2.72. The summed E-state index contributed by atoms with van der Waals surface area (Å²) in [5, 5.41) is 7.88. The molecule has 2 aromatic rings. The zero-order chi connectivity index (χ0) is 19.9. The molecule has 28 heavy (non-hydrogen) atoms. The number of nitrogens with zero attached hydrogens (tertiary/aromatic N) is 2. The molecule has 0 saturated carbocycles. The predicted molar refractivity (Wildman–Crippen MR) is 112 cm³/mol. The second kappa shape index (κ2) is 13.0. The highest BCUT2D eigenvalue weighted by Gasteiger charge is 2.01. The third-order valence-electron chi connectivity index (χ3n) is 3.96. The third kappa shape index (κ3) is 9.43. The molecule has 0 aliphatic rings. The van der Waals surface area contributed by atoms with E-state index in [0.29, 0.717) is 12.8 Å². The van der Waals surface area contributed by atoms with Crippen LogP contribution in [0.1, 0.15) is 49.7 Å². The summed E-state index contributed by atoms with van der Waals surface area (Å²) in [6.07, 6.45) is 7.46. The number of hydrazone groups is 2. The fourth-order valence-electron chi connectivity index (χ4n) is 2.47. The standard InChI is InChI=1S/C22H26N4O2/c27-21(25-23-17-19-11-5-3-6-12-19)15-9-1-2-10-16-22(28)26-24-18-20-13-7-4-8-14-20/h3-8,11-14,17-18H,1-2,9-10,15-16H2,(H,25,27)(H,26,28)/b23-17-,24-18-. The first-order valence-corrected chi connectivity index (χ1v) is 9.48. The number of rotatable bonds is 11. The molecule has 0 heterocycles. The van der Waals surface area contributed by atoms with Gasteiger partial charge in [-0.15, -0.1) is 0 Å². The second-order valence-corrected chi connectivity index (χ2v) is 6.32. The van der Waals surface area contributed by atoms with Crippen molar-refractivity contribution in [2.75, 3.05) is 0 Å². The lowest BCUT2D eigenvalue weighted by atomic mass is 10.1. The smallest absolute Gasteiger partial charge is 0.240 e. The third-order valence-corrected chi connectivity index (χ3v) is 3.96. The van der Waals surface area contributed by atoms with E-state index in [2.05, 4.69) is 21.1 Å². The van der Waals surface area contributed by atoms with Crippen molar-refractivity contribution in [2.24, 2.45) is 10.2 Å². The van der Waals surface area contributed by atoms with Crippen molar-refractivity contribution in [1.82, 2.24) is 10.9 Å². The van der Waals surface area contributed by atoms with Crippen LogP contribution in [0.2, 0.25) is 0 Å². The Morgan fingerprint density at radius 2 is 1.04 bits per heavy atom. The first kappa shape index (κ1) is 21.0. The van der Waals surface area contributed by atoms with Gasteiger partial charge in [0.25, 0.3) is 0 Å². The molecule has 0 fully saturated rings. The summed E-state index contributed by atoms with van der Waals surface area (Å²) in [4.78, 5) is 23.4. The van der Waals surface area contributed by atoms with Crippen LogP contribution >= 0.6 is 0 Å². The van der Waals surface area contributed by atoms with E-state index in [1.165, 1.54) is 0 Å². The van der Waals surface area contributed by atoms with Crippen LogP contribution in [-0.4, -0.2) is 24.2 Å². The number of benzene rings is 2. The molecule has 0 aliphatic carbocycles. The van der Waals surface area contributed by atoms with Crippen molar-refractivity contribution in [3.8, 4) is 0 Å². The van der Waals surface area contributed by atoms with E-state index in [4.69, 9.17) is 0 Å². The number of hydrogen-bond donors (Lipinski definition) is 2. The first-order chi connectivity index (χ1) is 13.7. The minimum absolute atomic E-state index is 0.0971. The summed E-state index contributed by atoms with van der Waals surface area (Å²) in [6, 6.07) is 19.2. The first-order valence-electron chi connectivity index (χ1n) is 9.48. The molecule has 0 radical (unpaired) electrons. The van der Waals surface area contributed by atoms with E-state index in [0.717, 1.165) is 36.8 Å². The Kier molecular flexibility index (Phi) is 9.74. The van der Waals surface area contributed by atoms with E-state index >= 15 is 0 Å². The topological polar surface area (TPSA) is 82.9 Å². The summed E-state index contributed by atoms with van der Waals surface area (Å²) in [5.74, 6) is -0.194. The van der Waals surface area contributed by atoms with Gasteiger partial charge in [0, 0.05) is 12.8 Å². The van der Waals surface area contributed by atoms with Gasteiger partial charge in [0.1, 0.15) is 0 Å². The van der Waals surface area contributed by atoms with Crippen LogP contribution in [0.15, 0.2) is 70.9 Å². The summed E-state index contributed by atoms with van der Waals surface area (Å²) in [5.41, 5.74) is 6.93. The van der Waals surface area contributed by atoms with E-state index < -0.39 is 0 Å².